The zero-order chi connectivity index (χ0) is 19.7. The van der Waals surface area contributed by atoms with Gasteiger partial charge in [-0.3, -0.25) is 4.79 Å². The highest BCUT2D eigenvalue weighted by Crippen LogP contribution is 2.25. The molecule has 0 saturated heterocycles. The molecule has 1 N–H and O–H groups in total. The summed E-state index contributed by atoms with van der Waals surface area (Å²) in [5.41, 5.74) is 4.02. The Kier molecular flexibility index (Phi) is 4.75. The second-order valence-corrected chi connectivity index (χ2v) is 6.99. The molecule has 0 aliphatic rings. The van der Waals surface area contributed by atoms with Crippen LogP contribution in [0, 0.1) is 13.8 Å². The van der Waals surface area contributed by atoms with Gasteiger partial charge in [-0.05, 0) is 55.8 Å². The predicted molar refractivity (Wildman–Crippen MR) is 112 cm³/mol. The molecule has 6 heteroatoms. The fourth-order valence-electron chi connectivity index (χ4n) is 3.03. The average Bonchev–Trinajstić information content (AvgIpc) is 3.35. The van der Waals surface area contributed by atoms with Gasteiger partial charge in [0.05, 0.1) is 11.9 Å². The van der Waals surface area contributed by atoms with Crippen LogP contribution in [-0.4, -0.2) is 20.3 Å². The van der Waals surface area contributed by atoms with E-state index in [0.717, 1.165) is 16.8 Å². The second-order valence-electron chi connectivity index (χ2n) is 6.59. The van der Waals surface area contributed by atoms with Crippen LogP contribution in [0.15, 0.2) is 73.2 Å². The van der Waals surface area contributed by atoms with E-state index in [-0.39, 0.29) is 5.91 Å². The van der Waals surface area contributed by atoms with Crippen molar-refractivity contribution in [3.63, 3.8) is 0 Å². The van der Waals surface area contributed by atoms with E-state index in [1.165, 1.54) is 0 Å². The Morgan fingerprint density at radius 2 is 1.71 bits per heavy atom. The largest absolute Gasteiger partial charge is 0.322 e. The molecule has 5 nitrogen and oxygen atoms in total. The van der Waals surface area contributed by atoms with Crippen molar-refractivity contribution < 1.29 is 4.79 Å². The molecule has 0 spiro atoms. The SMILES string of the molecule is Cc1ccc(-n2ncc(C(=O)Nc3cccc(Cl)c3C)c2-n2cccc2)cc1. The predicted octanol–water partition coefficient (Wildman–Crippen LogP) is 5.19. The number of benzene rings is 2. The van der Waals surface area contributed by atoms with E-state index in [2.05, 4.69) is 10.4 Å². The molecule has 0 bridgehead atoms. The minimum Gasteiger partial charge on any atom is -0.322 e. The lowest BCUT2D eigenvalue weighted by Gasteiger charge is -2.12. The van der Waals surface area contributed by atoms with Gasteiger partial charge in [0.1, 0.15) is 5.56 Å². The Morgan fingerprint density at radius 3 is 2.43 bits per heavy atom. The molecule has 0 unspecified atom stereocenters. The standard InChI is InChI=1S/C22H19ClN4O/c1-15-8-10-17(11-9-15)27-22(26-12-3-4-13-26)18(14-24-27)21(28)25-20-7-5-6-19(23)16(20)2/h3-14H,1-2H3,(H,25,28). The van der Waals surface area contributed by atoms with Crippen LogP contribution < -0.4 is 5.32 Å². The normalized spacial score (nSPS) is 10.8. The third-order valence-corrected chi connectivity index (χ3v) is 5.04. The molecule has 1 amide bonds. The summed E-state index contributed by atoms with van der Waals surface area (Å²) in [7, 11) is 0. The Balaban J connectivity index is 1.78. The van der Waals surface area contributed by atoms with Gasteiger partial charge in [0.2, 0.25) is 0 Å². The lowest BCUT2D eigenvalue weighted by atomic mass is 10.2. The summed E-state index contributed by atoms with van der Waals surface area (Å²) < 4.78 is 3.64. The molecule has 0 aliphatic heterocycles. The minimum absolute atomic E-state index is 0.243. The smallest absolute Gasteiger partial charge is 0.261 e. The first-order valence-electron chi connectivity index (χ1n) is 8.89. The molecule has 28 heavy (non-hydrogen) atoms. The highest BCUT2D eigenvalue weighted by Gasteiger charge is 2.20. The first kappa shape index (κ1) is 18.1. The number of rotatable bonds is 4. The Morgan fingerprint density at radius 1 is 1.00 bits per heavy atom. The first-order chi connectivity index (χ1) is 13.5. The maximum Gasteiger partial charge on any atom is 0.261 e. The first-order valence-corrected chi connectivity index (χ1v) is 9.27. The van der Waals surface area contributed by atoms with Crippen LogP contribution in [0.5, 0.6) is 0 Å². The summed E-state index contributed by atoms with van der Waals surface area (Å²) in [6, 6.07) is 17.3. The molecule has 2 aromatic heterocycles. The number of nitrogens with one attached hydrogen (secondary N) is 1. The van der Waals surface area contributed by atoms with Crippen molar-refractivity contribution in [1.29, 1.82) is 0 Å². The monoisotopic (exact) mass is 390 g/mol. The van der Waals surface area contributed by atoms with Crippen molar-refractivity contribution in [2.75, 3.05) is 5.32 Å². The van der Waals surface area contributed by atoms with E-state index in [4.69, 9.17) is 11.6 Å². The van der Waals surface area contributed by atoms with Crippen molar-refractivity contribution in [3.8, 4) is 11.5 Å². The number of aryl methyl sites for hydroxylation is 1. The summed E-state index contributed by atoms with van der Waals surface area (Å²) in [4.78, 5) is 13.1. The number of hydrogen-bond donors (Lipinski definition) is 1. The van der Waals surface area contributed by atoms with E-state index >= 15 is 0 Å². The number of carbonyl (C=O) groups excluding carboxylic acids is 1. The van der Waals surface area contributed by atoms with E-state index in [9.17, 15) is 4.79 Å². The van der Waals surface area contributed by atoms with Gasteiger partial charge in [0.15, 0.2) is 5.82 Å². The molecular formula is C22H19ClN4O. The molecule has 2 aromatic carbocycles. The quantitative estimate of drug-likeness (QED) is 0.521. The van der Waals surface area contributed by atoms with Gasteiger partial charge in [-0.25, -0.2) is 4.68 Å². The van der Waals surface area contributed by atoms with Crippen molar-refractivity contribution >= 4 is 23.2 Å². The fraction of sp³-hybridized carbons (Fsp3) is 0.0909. The maximum atomic E-state index is 13.1. The van der Waals surface area contributed by atoms with Gasteiger partial charge >= 0.3 is 0 Å². The lowest BCUT2D eigenvalue weighted by Crippen LogP contribution is -2.16. The van der Waals surface area contributed by atoms with Crippen LogP contribution in [0.3, 0.4) is 0 Å². The van der Waals surface area contributed by atoms with Crippen LogP contribution >= 0.6 is 11.6 Å². The average molecular weight is 391 g/mol. The number of anilines is 1. The highest BCUT2D eigenvalue weighted by atomic mass is 35.5. The number of hydrogen-bond acceptors (Lipinski definition) is 2. The molecule has 0 aliphatic carbocycles. The number of halogens is 1. The number of carbonyl (C=O) groups is 1. The van der Waals surface area contributed by atoms with Gasteiger partial charge in [-0.1, -0.05) is 35.4 Å². The third-order valence-electron chi connectivity index (χ3n) is 4.63. The zero-order valence-corrected chi connectivity index (χ0v) is 16.3. The van der Waals surface area contributed by atoms with E-state index in [1.807, 2.05) is 79.3 Å². The molecule has 0 saturated carbocycles. The van der Waals surface area contributed by atoms with Crippen LogP contribution in [0.25, 0.3) is 11.5 Å². The summed E-state index contributed by atoms with van der Waals surface area (Å²) in [6.07, 6.45) is 5.37. The van der Waals surface area contributed by atoms with Crippen molar-refractivity contribution in [3.05, 3.63) is 94.9 Å². The fourth-order valence-corrected chi connectivity index (χ4v) is 3.21. The van der Waals surface area contributed by atoms with Crippen LogP contribution in [0.1, 0.15) is 21.5 Å². The van der Waals surface area contributed by atoms with E-state index in [0.29, 0.717) is 22.1 Å². The minimum atomic E-state index is -0.243. The zero-order valence-electron chi connectivity index (χ0n) is 15.6. The Bertz CT molecular complexity index is 1130. The number of aromatic nitrogens is 3. The number of amides is 1. The Labute approximate surface area is 168 Å². The Hall–Kier alpha value is -3.31. The summed E-state index contributed by atoms with van der Waals surface area (Å²) in [5.74, 6) is 0.429. The molecule has 4 rings (SSSR count). The summed E-state index contributed by atoms with van der Waals surface area (Å²) >= 11 is 6.18. The lowest BCUT2D eigenvalue weighted by molar-refractivity contribution is 0.102. The van der Waals surface area contributed by atoms with Gasteiger partial charge < -0.3 is 9.88 Å². The second kappa shape index (κ2) is 7.37. The highest BCUT2D eigenvalue weighted by molar-refractivity contribution is 6.31. The molecule has 4 aromatic rings. The maximum absolute atomic E-state index is 13.1. The van der Waals surface area contributed by atoms with Crippen LogP contribution in [0.2, 0.25) is 5.02 Å². The van der Waals surface area contributed by atoms with Gasteiger partial charge in [0, 0.05) is 23.1 Å². The van der Waals surface area contributed by atoms with E-state index < -0.39 is 0 Å². The molecule has 0 atom stereocenters. The summed E-state index contributed by atoms with van der Waals surface area (Å²) in [5, 5.41) is 8.05. The molecule has 0 fully saturated rings. The molecular weight excluding hydrogens is 372 g/mol. The van der Waals surface area contributed by atoms with Crippen molar-refractivity contribution in [2.24, 2.45) is 0 Å². The van der Waals surface area contributed by atoms with Gasteiger partial charge in [-0.2, -0.15) is 5.10 Å². The third kappa shape index (κ3) is 3.32. The van der Waals surface area contributed by atoms with Gasteiger partial charge in [0.25, 0.3) is 5.91 Å². The topological polar surface area (TPSA) is 51.9 Å². The van der Waals surface area contributed by atoms with E-state index in [1.54, 1.807) is 16.9 Å². The van der Waals surface area contributed by atoms with Crippen molar-refractivity contribution in [2.45, 2.75) is 13.8 Å². The van der Waals surface area contributed by atoms with Crippen molar-refractivity contribution in [1.82, 2.24) is 14.3 Å². The molecule has 2 heterocycles. The molecule has 0 radical (unpaired) electrons. The molecule has 140 valence electrons. The summed E-state index contributed by atoms with van der Waals surface area (Å²) in [6.45, 7) is 3.91. The van der Waals surface area contributed by atoms with Gasteiger partial charge in [-0.15, -0.1) is 0 Å². The van der Waals surface area contributed by atoms with Crippen LogP contribution in [-0.2, 0) is 0 Å². The van der Waals surface area contributed by atoms with Crippen LogP contribution in [0.4, 0.5) is 5.69 Å². The number of nitrogens with zero attached hydrogens (tertiary/aromatic N) is 3.